The molecule has 2 unspecified atom stereocenters. The molecule has 112 valence electrons. The molecule has 1 aromatic heterocycles. The number of imidazole rings is 1. The Bertz CT molecular complexity index is 675. The first-order valence-corrected chi connectivity index (χ1v) is 7.82. The fraction of sp³-hybridized carbons (Fsp3) is 0.529. The number of hydrogen-bond acceptors (Lipinski definition) is 2. The molecule has 1 heterocycles. The zero-order valence-corrected chi connectivity index (χ0v) is 12.7. The van der Waals surface area contributed by atoms with Gasteiger partial charge in [-0.15, -0.1) is 0 Å². The number of rotatable bonds is 3. The largest absolute Gasteiger partial charge is 0.478 e. The lowest BCUT2D eigenvalue weighted by molar-refractivity contribution is 0.0697. The van der Waals surface area contributed by atoms with Crippen LogP contribution in [0.15, 0.2) is 18.2 Å². The smallest absolute Gasteiger partial charge is 0.335 e. The molecule has 4 heteroatoms. The Labute approximate surface area is 124 Å². The molecule has 0 saturated heterocycles. The molecule has 1 aromatic carbocycles. The van der Waals surface area contributed by atoms with Crippen molar-refractivity contribution >= 4 is 17.0 Å². The summed E-state index contributed by atoms with van der Waals surface area (Å²) in [6.07, 6.45) is 6.14. The van der Waals surface area contributed by atoms with E-state index in [9.17, 15) is 9.90 Å². The van der Waals surface area contributed by atoms with Gasteiger partial charge in [-0.3, -0.25) is 0 Å². The maximum absolute atomic E-state index is 11.2. The Morgan fingerprint density at radius 2 is 2.24 bits per heavy atom. The molecule has 1 fully saturated rings. The van der Waals surface area contributed by atoms with E-state index in [4.69, 9.17) is 0 Å². The Kier molecular flexibility index (Phi) is 3.70. The van der Waals surface area contributed by atoms with Crippen LogP contribution in [0.4, 0.5) is 0 Å². The highest BCUT2D eigenvalue weighted by Gasteiger charge is 2.25. The van der Waals surface area contributed by atoms with Gasteiger partial charge in [-0.2, -0.15) is 0 Å². The summed E-state index contributed by atoms with van der Waals surface area (Å²) in [7, 11) is 0. The monoisotopic (exact) mass is 286 g/mol. The van der Waals surface area contributed by atoms with E-state index in [1.54, 1.807) is 12.1 Å². The van der Waals surface area contributed by atoms with Crippen molar-refractivity contribution in [3.05, 3.63) is 29.6 Å². The number of aryl methyl sites for hydroxylation is 1. The third-order valence-corrected chi connectivity index (χ3v) is 4.81. The summed E-state index contributed by atoms with van der Waals surface area (Å²) in [6.45, 7) is 4.28. The van der Waals surface area contributed by atoms with E-state index < -0.39 is 5.97 Å². The number of nitrogens with zero attached hydrogens (tertiary/aromatic N) is 2. The summed E-state index contributed by atoms with van der Waals surface area (Å²) in [4.78, 5) is 15.8. The summed E-state index contributed by atoms with van der Waals surface area (Å²) >= 11 is 0. The van der Waals surface area contributed by atoms with Crippen molar-refractivity contribution < 1.29 is 9.90 Å². The van der Waals surface area contributed by atoms with Gasteiger partial charge in [0, 0.05) is 6.04 Å². The third kappa shape index (κ3) is 2.55. The van der Waals surface area contributed by atoms with Gasteiger partial charge in [0.05, 0.1) is 16.6 Å². The molecule has 0 spiro atoms. The van der Waals surface area contributed by atoms with Gasteiger partial charge >= 0.3 is 5.97 Å². The van der Waals surface area contributed by atoms with E-state index in [0.29, 0.717) is 11.6 Å². The zero-order valence-electron chi connectivity index (χ0n) is 12.7. The topological polar surface area (TPSA) is 55.1 Å². The van der Waals surface area contributed by atoms with Gasteiger partial charge in [0.15, 0.2) is 0 Å². The molecule has 1 aliphatic rings. The van der Waals surface area contributed by atoms with Gasteiger partial charge in [0.25, 0.3) is 0 Å². The summed E-state index contributed by atoms with van der Waals surface area (Å²) in [5.41, 5.74) is 2.21. The molecule has 1 saturated carbocycles. The van der Waals surface area contributed by atoms with E-state index >= 15 is 0 Å². The SMILES string of the molecule is CCC1CCCC(n2c(C)nc3ccc(C(=O)O)cc32)C1. The molecule has 21 heavy (non-hydrogen) atoms. The molecule has 0 radical (unpaired) electrons. The molecule has 4 nitrogen and oxygen atoms in total. The van der Waals surface area contributed by atoms with Crippen LogP contribution in [0.25, 0.3) is 11.0 Å². The zero-order chi connectivity index (χ0) is 15.0. The Morgan fingerprint density at radius 1 is 1.43 bits per heavy atom. The van der Waals surface area contributed by atoms with Gasteiger partial charge in [0.1, 0.15) is 5.82 Å². The van der Waals surface area contributed by atoms with Crippen LogP contribution in [0, 0.1) is 12.8 Å². The predicted molar refractivity (Wildman–Crippen MR) is 82.7 cm³/mol. The highest BCUT2D eigenvalue weighted by molar-refractivity contribution is 5.92. The second-order valence-electron chi connectivity index (χ2n) is 6.13. The number of hydrogen-bond donors (Lipinski definition) is 1. The predicted octanol–water partition coefficient (Wildman–Crippen LogP) is 4.18. The lowest BCUT2D eigenvalue weighted by atomic mass is 9.84. The van der Waals surface area contributed by atoms with Crippen LogP contribution in [-0.4, -0.2) is 20.6 Å². The second kappa shape index (κ2) is 5.51. The standard InChI is InChI=1S/C17H22N2O2/c1-3-12-5-4-6-14(9-12)19-11(2)18-15-8-7-13(17(20)21)10-16(15)19/h7-8,10,12,14H,3-6,9H2,1-2H3,(H,20,21). The van der Waals surface area contributed by atoms with Crippen molar-refractivity contribution in [2.24, 2.45) is 5.92 Å². The highest BCUT2D eigenvalue weighted by atomic mass is 16.4. The number of carboxylic acids is 1. The number of carboxylic acid groups (broad SMARTS) is 1. The van der Waals surface area contributed by atoms with Crippen molar-refractivity contribution in [3.8, 4) is 0 Å². The molecular weight excluding hydrogens is 264 g/mol. The number of fused-ring (bicyclic) bond motifs is 1. The second-order valence-corrected chi connectivity index (χ2v) is 6.13. The van der Waals surface area contributed by atoms with E-state index in [1.807, 2.05) is 13.0 Å². The minimum absolute atomic E-state index is 0.339. The minimum Gasteiger partial charge on any atom is -0.478 e. The summed E-state index contributed by atoms with van der Waals surface area (Å²) in [5, 5.41) is 9.20. The summed E-state index contributed by atoms with van der Waals surface area (Å²) in [5.74, 6) is 0.898. The van der Waals surface area contributed by atoms with Crippen molar-refractivity contribution in [2.75, 3.05) is 0 Å². The van der Waals surface area contributed by atoms with Gasteiger partial charge in [0.2, 0.25) is 0 Å². The van der Waals surface area contributed by atoms with Gasteiger partial charge in [-0.1, -0.05) is 26.2 Å². The Morgan fingerprint density at radius 3 is 2.95 bits per heavy atom. The summed E-state index contributed by atoms with van der Waals surface area (Å²) < 4.78 is 2.27. The third-order valence-electron chi connectivity index (χ3n) is 4.81. The number of benzene rings is 1. The van der Waals surface area contributed by atoms with E-state index in [2.05, 4.69) is 16.5 Å². The van der Waals surface area contributed by atoms with Crippen molar-refractivity contribution in [1.82, 2.24) is 9.55 Å². The van der Waals surface area contributed by atoms with Crippen LogP contribution >= 0.6 is 0 Å². The quantitative estimate of drug-likeness (QED) is 0.920. The Hall–Kier alpha value is -1.84. The van der Waals surface area contributed by atoms with E-state index in [-0.39, 0.29) is 0 Å². The van der Waals surface area contributed by atoms with E-state index in [0.717, 1.165) is 22.8 Å². The number of aromatic nitrogens is 2. The maximum atomic E-state index is 11.2. The average Bonchev–Trinajstić information content (AvgIpc) is 2.82. The average molecular weight is 286 g/mol. The lowest BCUT2D eigenvalue weighted by Crippen LogP contribution is -2.19. The maximum Gasteiger partial charge on any atom is 0.335 e. The van der Waals surface area contributed by atoms with Crippen LogP contribution in [0.5, 0.6) is 0 Å². The first-order valence-electron chi connectivity index (χ1n) is 7.82. The van der Waals surface area contributed by atoms with Crippen molar-refractivity contribution in [3.63, 3.8) is 0 Å². The first kappa shape index (κ1) is 14.1. The Balaban J connectivity index is 2.06. The van der Waals surface area contributed by atoms with Crippen LogP contribution in [0.2, 0.25) is 0 Å². The molecule has 3 rings (SSSR count). The van der Waals surface area contributed by atoms with Gasteiger partial charge in [-0.05, 0) is 43.9 Å². The fourth-order valence-electron chi connectivity index (χ4n) is 3.68. The van der Waals surface area contributed by atoms with Crippen LogP contribution in [0.3, 0.4) is 0 Å². The van der Waals surface area contributed by atoms with Crippen LogP contribution in [0.1, 0.15) is 61.3 Å². The lowest BCUT2D eigenvalue weighted by Gasteiger charge is -2.30. The minimum atomic E-state index is -0.877. The number of aromatic carboxylic acids is 1. The summed E-state index contributed by atoms with van der Waals surface area (Å²) in [6, 6.07) is 5.69. The molecule has 0 bridgehead atoms. The molecule has 1 aliphatic carbocycles. The number of carbonyl (C=O) groups is 1. The molecular formula is C17H22N2O2. The van der Waals surface area contributed by atoms with E-state index in [1.165, 1.54) is 32.1 Å². The molecule has 0 amide bonds. The normalized spacial score (nSPS) is 22.6. The molecule has 2 aromatic rings. The van der Waals surface area contributed by atoms with Crippen molar-refractivity contribution in [1.29, 1.82) is 0 Å². The molecule has 0 aliphatic heterocycles. The fourth-order valence-corrected chi connectivity index (χ4v) is 3.68. The molecule has 2 atom stereocenters. The first-order chi connectivity index (χ1) is 10.1. The van der Waals surface area contributed by atoms with Gasteiger partial charge < -0.3 is 9.67 Å². The van der Waals surface area contributed by atoms with Gasteiger partial charge in [-0.25, -0.2) is 9.78 Å². The highest BCUT2D eigenvalue weighted by Crippen LogP contribution is 2.36. The van der Waals surface area contributed by atoms with Crippen LogP contribution in [-0.2, 0) is 0 Å². The van der Waals surface area contributed by atoms with Crippen LogP contribution < -0.4 is 0 Å². The molecule has 1 N–H and O–H groups in total. The van der Waals surface area contributed by atoms with Crippen molar-refractivity contribution in [2.45, 2.75) is 52.0 Å².